The van der Waals surface area contributed by atoms with Crippen LogP contribution in [-0.2, 0) is 0 Å². The first-order valence-corrected chi connectivity index (χ1v) is 5.01. The molecule has 2 heterocycles. The minimum absolute atomic E-state index is 0.242. The normalized spacial score (nSPS) is 20.6. The molecule has 5 nitrogen and oxygen atoms in total. The Morgan fingerprint density at radius 3 is 2.40 bits per heavy atom. The van der Waals surface area contributed by atoms with Crippen molar-refractivity contribution in [2.75, 3.05) is 5.01 Å². The fourth-order valence-corrected chi connectivity index (χ4v) is 1.72. The number of aryl methyl sites for hydroxylation is 2. The third-order valence-electron chi connectivity index (χ3n) is 2.33. The fraction of sp³-hybridized carbons (Fsp3) is 0.500. The van der Waals surface area contributed by atoms with E-state index in [9.17, 15) is 0 Å². The van der Waals surface area contributed by atoms with Crippen molar-refractivity contribution in [1.29, 1.82) is 0 Å². The van der Waals surface area contributed by atoms with E-state index in [1.54, 1.807) is 5.01 Å². The Morgan fingerprint density at radius 1 is 1.33 bits per heavy atom. The number of hydrogen-bond donors (Lipinski definition) is 1. The van der Waals surface area contributed by atoms with Gasteiger partial charge in [0.05, 0.1) is 6.04 Å². The lowest BCUT2D eigenvalue weighted by atomic mass is 10.2. The number of amidine groups is 1. The number of hydrazone groups is 1. The molecule has 80 valence electrons. The van der Waals surface area contributed by atoms with Crippen molar-refractivity contribution in [3.05, 3.63) is 17.5 Å². The Hall–Kier alpha value is -1.65. The van der Waals surface area contributed by atoms with E-state index in [0.29, 0.717) is 11.8 Å². The molecule has 0 fully saturated rings. The number of nitrogens with two attached hydrogens (primary N) is 1. The Balaban J connectivity index is 2.37. The average Bonchev–Trinajstić information content (AvgIpc) is 2.43. The zero-order valence-corrected chi connectivity index (χ0v) is 9.23. The predicted octanol–water partition coefficient (Wildman–Crippen LogP) is 0.964. The van der Waals surface area contributed by atoms with E-state index in [2.05, 4.69) is 22.0 Å². The van der Waals surface area contributed by atoms with Gasteiger partial charge in [-0.1, -0.05) is 0 Å². The molecule has 1 aromatic heterocycles. The van der Waals surface area contributed by atoms with Crippen LogP contribution in [-0.4, -0.2) is 21.8 Å². The quantitative estimate of drug-likeness (QED) is 0.741. The monoisotopic (exact) mass is 205 g/mol. The highest BCUT2D eigenvalue weighted by Gasteiger charge is 2.24. The standard InChI is InChI=1S/C10H15N5/c1-6-4-7(2)13-10(12-6)15-8(3)5-9(11)14-15/h4,8H,5H2,1-3H3,(H2,11,14). The van der Waals surface area contributed by atoms with Crippen molar-refractivity contribution >= 4 is 11.8 Å². The van der Waals surface area contributed by atoms with Gasteiger partial charge in [0.15, 0.2) is 0 Å². The number of aromatic nitrogens is 2. The second-order valence-corrected chi connectivity index (χ2v) is 3.94. The molecule has 0 radical (unpaired) electrons. The van der Waals surface area contributed by atoms with E-state index < -0.39 is 0 Å². The first-order chi connectivity index (χ1) is 7.06. The molecule has 0 bridgehead atoms. The molecule has 0 amide bonds. The van der Waals surface area contributed by atoms with Gasteiger partial charge in [-0.25, -0.2) is 15.0 Å². The summed E-state index contributed by atoms with van der Waals surface area (Å²) in [6, 6.07) is 2.18. The van der Waals surface area contributed by atoms with Gasteiger partial charge in [0.25, 0.3) is 0 Å². The highest BCUT2D eigenvalue weighted by molar-refractivity contribution is 5.84. The maximum Gasteiger partial charge on any atom is 0.246 e. The molecule has 0 aromatic carbocycles. The van der Waals surface area contributed by atoms with Crippen LogP contribution < -0.4 is 10.7 Å². The topological polar surface area (TPSA) is 67.4 Å². The van der Waals surface area contributed by atoms with E-state index in [4.69, 9.17) is 5.73 Å². The van der Waals surface area contributed by atoms with E-state index in [-0.39, 0.29) is 6.04 Å². The lowest BCUT2D eigenvalue weighted by molar-refractivity contribution is 0.696. The predicted molar refractivity (Wildman–Crippen MR) is 59.7 cm³/mol. The van der Waals surface area contributed by atoms with Gasteiger partial charge in [0.1, 0.15) is 5.84 Å². The SMILES string of the molecule is Cc1cc(C)nc(N2N=C(N)CC2C)n1. The second kappa shape index (κ2) is 3.49. The largest absolute Gasteiger partial charge is 0.386 e. The van der Waals surface area contributed by atoms with Crippen molar-refractivity contribution in [3.63, 3.8) is 0 Å². The number of anilines is 1. The molecule has 0 saturated heterocycles. The Morgan fingerprint density at radius 2 is 1.93 bits per heavy atom. The molecular formula is C10H15N5. The zero-order chi connectivity index (χ0) is 11.0. The van der Waals surface area contributed by atoms with Gasteiger partial charge in [-0.15, -0.1) is 0 Å². The summed E-state index contributed by atoms with van der Waals surface area (Å²) in [5.74, 6) is 1.28. The van der Waals surface area contributed by atoms with E-state index in [1.165, 1.54) is 0 Å². The van der Waals surface area contributed by atoms with Crippen molar-refractivity contribution in [2.45, 2.75) is 33.2 Å². The van der Waals surface area contributed by atoms with Gasteiger partial charge in [-0.3, -0.25) is 0 Å². The molecule has 0 aliphatic carbocycles. The van der Waals surface area contributed by atoms with Crippen LogP contribution >= 0.6 is 0 Å². The molecule has 0 saturated carbocycles. The molecule has 2 rings (SSSR count). The maximum absolute atomic E-state index is 5.68. The molecule has 1 aromatic rings. The summed E-state index contributed by atoms with van der Waals surface area (Å²) in [6.07, 6.45) is 0.774. The number of hydrogen-bond acceptors (Lipinski definition) is 5. The van der Waals surface area contributed by atoms with Gasteiger partial charge >= 0.3 is 0 Å². The van der Waals surface area contributed by atoms with Crippen molar-refractivity contribution in [1.82, 2.24) is 9.97 Å². The molecule has 2 N–H and O–H groups in total. The summed E-state index contributed by atoms with van der Waals surface area (Å²) in [4.78, 5) is 8.71. The highest BCUT2D eigenvalue weighted by Crippen LogP contribution is 2.19. The minimum atomic E-state index is 0.242. The molecular weight excluding hydrogens is 190 g/mol. The second-order valence-electron chi connectivity index (χ2n) is 3.94. The van der Waals surface area contributed by atoms with Crippen LogP contribution in [0.25, 0.3) is 0 Å². The van der Waals surface area contributed by atoms with Crippen molar-refractivity contribution < 1.29 is 0 Å². The Bertz CT molecular complexity index is 392. The smallest absolute Gasteiger partial charge is 0.246 e. The summed E-state index contributed by atoms with van der Waals surface area (Å²) in [7, 11) is 0. The van der Waals surface area contributed by atoms with Gasteiger partial charge in [0.2, 0.25) is 5.95 Å². The van der Waals surface area contributed by atoms with Gasteiger partial charge in [-0.05, 0) is 26.8 Å². The number of rotatable bonds is 1. The molecule has 1 unspecified atom stereocenters. The third kappa shape index (κ3) is 1.91. The summed E-state index contributed by atoms with van der Waals surface area (Å²) >= 11 is 0. The van der Waals surface area contributed by atoms with Crippen LogP contribution in [0.15, 0.2) is 11.2 Å². The fourth-order valence-electron chi connectivity index (χ4n) is 1.72. The first-order valence-electron chi connectivity index (χ1n) is 5.01. The Labute approximate surface area is 89.0 Å². The average molecular weight is 205 g/mol. The van der Waals surface area contributed by atoms with Crippen LogP contribution in [0.1, 0.15) is 24.7 Å². The van der Waals surface area contributed by atoms with Gasteiger partial charge < -0.3 is 5.73 Å². The van der Waals surface area contributed by atoms with Crippen LogP contribution in [0.3, 0.4) is 0 Å². The van der Waals surface area contributed by atoms with E-state index in [1.807, 2.05) is 19.9 Å². The van der Waals surface area contributed by atoms with Gasteiger partial charge in [0, 0.05) is 17.8 Å². The minimum Gasteiger partial charge on any atom is -0.386 e. The zero-order valence-electron chi connectivity index (χ0n) is 9.23. The van der Waals surface area contributed by atoms with Gasteiger partial charge in [-0.2, -0.15) is 5.10 Å². The van der Waals surface area contributed by atoms with Crippen LogP contribution in [0.2, 0.25) is 0 Å². The highest BCUT2D eigenvalue weighted by atomic mass is 15.5. The molecule has 15 heavy (non-hydrogen) atoms. The first kappa shape index (κ1) is 9.89. The molecule has 0 spiro atoms. The lowest BCUT2D eigenvalue weighted by Gasteiger charge is -2.17. The third-order valence-corrected chi connectivity index (χ3v) is 2.33. The van der Waals surface area contributed by atoms with E-state index in [0.717, 1.165) is 17.8 Å². The summed E-state index contributed by atoms with van der Waals surface area (Å²) in [5, 5.41) is 6.01. The molecule has 1 atom stereocenters. The summed E-state index contributed by atoms with van der Waals surface area (Å²) in [6.45, 7) is 5.96. The van der Waals surface area contributed by atoms with Crippen molar-refractivity contribution in [3.8, 4) is 0 Å². The van der Waals surface area contributed by atoms with Crippen molar-refractivity contribution in [2.24, 2.45) is 10.8 Å². The molecule has 1 aliphatic heterocycles. The van der Waals surface area contributed by atoms with E-state index >= 15 is 0 Å². The lowest BCUT2D eigenvalue weighted by Crippen LogP contribution is -2.25. The number of nitrogens with zero attached hydrogens (tertiary/aromatic N) is 4. The summed E-state index contributed by atoms with van der Waals surface area (Å²) < 4.78 is 0. The summed E-state index contributed by atoms with van der Waals surface area (Å²) in [5.41, 5.74) is 7.58. The Kier molecular flexibility index (Phi) is 2.30. The molecule has 1 aliphatic rings. The molecule has 5 heteroatoms. The van der Waals surface area contributed by atoms with Crippen LogP contribution in [0.5, 0.6) is 0 Å². The van der Waals surface area contributed by atoms with Crippen LogP contribution in [0.4, 0.5) is 5.95 Å². The maximum atomic E-state index is 5.68. The van der Waals surface area contributed by atoms with Crippen LogP contribution in [0, 0.1) is 13.8 Å².